The molecule has 1 aromatic rings. The Balaban J connectivity index is 2.80. The number of rotatable bonds is 6. The van der Waals surface area contributed by atoms with E-state index in [4.69, 9.17) is 16.3 Å². The van der Waals surface area contributed by atoms with Crippen LogP contribution >= 0.6 is 11.6 Å². The van der Waals surface area contributed by atoms with Crippen LogP contribution in [-0.4, -0.2) is 24.0 Å². The molecule has 6 heteroatoms. The first-order valence-corrected chi connectivity index (χ1v) is 5.93. The number of hydrogen-bond acceptors (Lipinski definition) is 4. The molecule has 0 amide bonds. The lowest BCUT2D eigenvalue weighted by atomic mass is 9.96. The minimum absolute atomic E-state index is 0.00352. The summed E-state index contributed by atoms with van der Waals surface area (Å²) in [5.74, 6) is -0.921. The first-order chi connectivity index (χ1) is 8.52. The Bertz CT molecular complexity index is 419. The van der Waals surface area contributed by atoms with E-state index >= 15 is 0 Å². The first kappa shape index (κ1) is 14.4. The van der Waals surface area contributed by atoms with Gasteiger partial charge in [-0.25, -0.2) is 0 Å². The SMILES string of the molecule is CCOC(=O)CC(C[N+](=O)[O-])c1ccc(Cl)cc1. The molecule has 0 heterocycles. The number of carbonyl (C=O) groups is 1. The second kappa shape index (κ2) is 6.96. The summed E-state index contributed by atoms with van der Waals surface area (Å²) in [6.07, 6.45) is -0.00352. The molecule has 1 aromatic carbocycles. The van der Waals surface area contributed by atoms with E-state index in [-0.39, 0.29) is 19.6 Å². The van der Waals surface area contributed by atoms with E-state index in [1.54, 1.807) is 31.2 Å². The normalized spacial score (nSPS) is 11.9. The maximum absolute atomic E-state index is 11.4. The van der Waals surface area contributed by atoms with Crippen molar-refractivity contribution in [3.8, 4) is 0 Å². The molecule has 5 nitrogen and oxygen atoms in total. The van der Waals surface area contributed by atoms with Crippen molar-refractivity contribution < 1.29 is 14.5 Å². The Kier molecular flexibility index (Phi) is 5.58. The topological polar surface area (TPSA) is 69.4 Å². The van der Waals surface area contributed by atoms with E-state index in [1.807, 2.05) is 0 Å². The molecule has 0 aromatic heterocycles. The number of ether oxygens (including phenoxy) is 1. The van der Waals surface area contributed by atoms with E-state index in [0.717, 1.165) is 0 Å². The molecule has 0 radical (unpaired) electrons. The van der Waals surface area contributed by atoms with Gasteiger partial charge in [0.1, 0.15) is 0 Å². The highest BCUT2D eigenvalue weighted by Crippen LogP contribution is 2.22. The fourth-order valence-electron chi connectivity index (χ4n) is 1.62. The molecule has 0 bridgehead atoms. The number of benzene rings is 1. The Morgan fingerprint density at radius 1 is 1.44 bits per heavy atom. The molecule has 0 N–H and O–H groups in total. The number of nitrogens with zero attached hydrogens (tertiary/aromatic N) is 1. The van der Waals surface area contributed by atoms with Crippen molar-refractivity contribution in [2.75, 3.05) is 13.2 Å². The molecule has 98 valence electrons. The fourth-order valence-corrected chi connectivity index (χ4v) is 1.75. The lowest BCUT2D eigenvalue weighted by molar-refractivity contribution is -0.483. The van der Waals surface area contributed by atoms with Gasteiger partial charge in [0.25, 0.3) is 0 Å². The van der Waals surface area contributed by atoms with Crippen molar-refractivity contribution in [3.63, 3.8) is 0 Å². The van der Waals surface area contributed by atoms with Gasteiger partial charge in [-0.05, 0) is 24.6 Å². The van der Waals surface area contributed by atoms with Gasteiger partial charge in [0, 0.05) is 9.95 Å². The van der Waals surface area contributed by atoms with Gasteiger partial charge in [-0.1, -0.05) is 23.7 Å². The second-order valence-electron chi connectivity index (χ2n) is 3.77. The summed E-state index contributed by atoms with van der Waals surface area (Å²) in [7, 11) is 0. The van der Waals surface area contributed by atoms with Crippen molar-refractivity contribution in [2.24, 2.45) is 0 Å². The molecule has 1 rings (SSSR count). The van der Waals surface area contributed by atoms with Gasteiger partial charge in [0.15, 0.2) is 0 Å². The summed E-state index contributed by atoms with van der Waals surface area (Å²) in [4.78, 5) is 21.6. The van der Waals surface area contributed by atoms with E-state index in [2.05, 4.69) is 0 Å². The van der Waals surface area contributed by atoms with Crippen molar-refractivity contribution in [3.05, 3.63) is 45.0 Å². The highest BCUT2D eigenvalue weighted by molar-refractivity contribution is 6.30. The Labute approximate surface area is 110 Å². The largest absolute Gasteiger partial charge is 0.466 e. The van der Waals surface area contributed by atoms with Crippen LogP contribution in [0, 0.1) is 10.1 Å². The third kappa shape index (κ3) is 4.71. The van der Waals surface area contributed by atoms with E-state index in [1.165, 1.54) is 0 Å². The average Bonchev–Trinajstić information content (AvgIpc) is 2.28. The lowest BCUT2D eigenvalue weighted by Gasteiger charge is -2.12. The zero-order valence-electron chi connectivity index (χ0n) is 9.97. The number of esters is 1. The summed E-state index contributed by atoms with van der Waals surface area (Å²) in [6, 6.07) is 6.68. The van der Waals surface area contributed by atoms with Crippen LogP contribution in [0.4, 0.5) is 0 Å². The zero-order valence-corrected chi connectivity index (χ0v) is 10.7. The number of halogens is 1. The monoisotopic (exact) mass is 271 g/mol. The molecule has 0 fully saturated rings. The van der Waals surface area contributed by atoms with Crippen molar-refractivity contribution >= 4 is 17.6 Å². The van der Waals surface area contributed by atoms with Gasteiger partial charge in [-0.15, -0.1) is 0 Å². The van der Waals surface area contributed by atoms with Gasteiger partial charge in [-0.3, -0.25) is 14.9 Å². The van der Waals surface area contributed by atoms with E-state index in [9.17, 15) is 14.9 Å². The summed E-state index contributed by atoms with van der Waals surface area (Å²) >= 11 is 5.75. The third-order valence-electron chi connectivity index (χ3n) is 2.43. The molecule has 0 aliphatic carbocycles. The van der Waals surface area contributed by atoms with Gasteiger partial charge in [0.05, 0.1) is 18.9 Å². The van der Waals surface area contributed by atoms with Crippen molar-refractivity contribution in [1.82, 2.24) is 0 Å². The van der Waals surface area contributed by atoms with Gasteiger partial charge < -0.3 is 4.74 Å². The molecular weight excluding hydrogens is 258 g/mol. The van der Waals surface area contributed by atoms with Crippen molar-refractivity contribution in [2.45, 2.75) is 19.3 Å². The highest BCUT2D eigenvalue weighted by Gasteiger charge is 2.22. The molecule has 0 aliphatic rings. The summed E-state index contributed by atoms with van der Waals surface area (Å²) in [5, 5.41) is 11.2. The molecule has 1 unspecified atom stereocenters. The summed E-state index contributed by atoms with van der Waals surface area (Å²) in [5.41, 5.74) is 0.712. The molecule has 0 spiro atoms. The van der Waals surface area contributed by atoms with Crippen LogP contribution in [0.2, 0.25) is 5.02 Å². The predicted octanol–water partition coefficient (Wildman–Crippen LogP) is 2.65. The Morgan fingerprint density at radius 2 is 2.06 bits per heavy atom. The maximum Gasteiger partial charge on any atom is 0.306 e. The highest BCUT2D eigenvalue weighted by atomic mass is 35.5. The average molecular weight is 272 g/mol. The van der Waals surface area contributed by atoms with Crippen LogP contribution in [0.1, 0.15) is 24.8 Å². The van der Waals surface area contributed by atoms with Crippen LogP contribution in [0.3, 0.4) is 0 Å². The maximum atomic E-state index is 11.4. The fraction of sp³-hybridized carbons (Fsp3) is 0.417. The second-order valence-corrected chi connectivity index (χ2v) is 4.21. The van der Waals surface area contributed by atoms with Crippen LogP contribution in [-0.2, 0) is 9.53 Å². The van der Waals surface area contributed by atoms with Crippen LogP contribution in [0.25, 0.3) is 0 Å². The predicted molar refractivity (Wildman–Crippen MR) is 67.3 cm³/mol. The van der Waals surface area contributed by atoms with Crippen LogP contribution in [0.5, 0.6) is 0 Å². The Hall–Kier alpha value is -1.62. The number of carbonyl (C=O) groups excluding carboxylic acids is 1. The van der Waals surface area contributed by atoms with Crippen molar-refractivity contribution in [1.29, 1.82) is 0 Å². The Morgan fingerprint density at radius 3 is 2.56 bits per heavy atom. The minimum Gasteiger partial charge on any atom is -0.466 e. The number of hydrogen-bond donors (Lipinski definition) is 0. The van der Waals surface area contributed by atoms with Gasteiger partial charge in [-0.2, -0.15) is 0 Å². The van der Waals surface area contributed by atoms with Crippen LogP contribution in [0.15, 0.2) is 24.3 Å². The summed E-state index contributed by atoms with van der Waals surface area (Å²) < 4.78 is 4.81. The van der Waals surface area contributed by atoms with Gasteiger partial charge >= 0.3 is 5.97 Å². The zero-order chi connectivity index (χ0) is 13.5. The lowest BCUT2D eigenvalue weighted by Crippen LogP contribution is -2.17. The number of nitro groups is 1. The standard InChI is InChI=1S/C12H14ClNO4/c1-2-18-12(15)7-10(8-14(16)17)9-3-5-11(13)6-4-9/h3-6,10H,2,7-8H2,1H3. The molecule has 0 saturated heterocycles. The smallest absolute Gasteiger partial charge is 0.306 e. The first-order valence-electron chi connectivity index (χ1n) is 5.55. The summed E-state index contributed by atoms with van der Waals surface area (Å²) in [6.45, 7) is 1.66. The quantitative estimate of drug-likeness (QED) is 0.453. The van der Waals surface area contributed by atoms with E-state index < -0.39 is 16.8 Å². The third-order valence-corrected chi connectivity index (χ3v) is 2.68. The molecule has 1 atom stereocenters. The molecule has 0 aliphatic heterocycles. The minimum atomic E-state index is -0.490. The van der Waals surface area contributed by atoms with Gasteiger partial charge in [0.2, 0.25) is 6.54 Å². The van der Waals surface area contributed by atoms with E-state index in [0.29, 0.717) is 10.6 Å². The molecular formula is C12H14ClNO4. The molecule has 18 heavy (non-hydrogen) atoms. The van der Waals surface area contributed by atoms with Crippen LogP contribution < -0.4 is 0 Å². The molecule has 0 saturated carbocycles.